The van der Waals surface area contributed by atoms with Gasteiger partial charge in [0.05, 0.1) is 0 Å². The minimum atomic E-state index is 0.956. The molecule has 0 bridgehead atoms. The fraction of sp³-hybridized carbons (Fsp3) is 0.0769. The third-order valence-electron chi connectivity index (χ3n) is 2.47. The van der Waals surface area contributed by atoms with Gasteiger partial charge in [-0.25, -0.2) is 0 Å². The van der Waals surface area contributed by atoms with Gasteiger partial charge in [0, 0.05) is 11.1 Å². The number of rotatable bonds is 0. The van der Waals surface area contributed by atoms with E-state index in [4.69, 9.17) is 4.74 Å². The highest BCUT2D eigenvalue weighted by Crippen LogP contribution is 2.33. The molecule has 0 saturated carbocycles. The molecule has 0 aromatic heterocycles. The van der Waals surface area contributed by atoms with Crippen LogP contribution in [0.25, 0.3) is 6.08 Å². The summed E-state index contributed by atoms with van der Waals surface area (Å²) in [4.78, 5) is 0. The second kappa shape index (κ2) is 2.88. The van der Waals surface area contributed by atoms with Crippen LogP contribution in [0.15, 0.2) is 53.8 Å². The van der Waals surface area contributed by atoms with Crippen molar-refractivity contribution in [2.45, 2.75) is 6.42 Å². The number of ether oxygens (including phenoxy) is 1. The largest absolute Gasteiger partial charge is 0.456 e. The molecule has 0 fully saturated rings. The van der Waals surface area contributed by atoms with Gasteiger partial charge in [-0.15, -0.1) is 0 Å². The summed E-state index contributed by atoms with van der Waals surface area (Å²) in [5.74, 6) is 1.95. The first-order valence-corrected chi connectivity index (χ1v) is 4.79. The third-order valence-corrected chi connectivity index (χ3v) is 2.47. The van der Waals surface area contributed by atoms with E-state index in [-0.39, 0.29) is 0 Å². The molecule has 0 N–H and O–H groups in total. The van der Waals surface area contributed by atoms with Crippen LogP contribution in [-0.4, -0.2) is 0 Å². The fourth-order valence-electron chi connectivity index (χ4n) is 1.77. The predicted molar refractivity (Wildman–Crippen MR) is 56.9 cm³/mol. The molecule has 0 amide bonds. The van der Waals surface area contributed by atoms with E-state index in [0.29, 0.717) is 0 Å². The van der Waals surface area contributed by atoms with Gasteiger partial charge in [0.25, 0.3) is 0 Å². The van der Waals surface area contributed by atoms with Crippen molar-refractivity contribution >= 4 is 6.08 Å². The Hall–Kier alpha value is -1.76. The van der Waals surface area contributed by atoms with E-state index in [2.05, 4.69) is 30.4 Å². The summed E-state index contributed by atoms with van der Waals surface area (Å²) in [6, 6.07) is 8.10. The summed E-state index contributed by atoms with van der Waals surface area (Å²) >= 11 is 0. The molecular weight excluding hydrogens is 172 g/mol. The van der Waals surface area contributed by atoms with Crippen molar-refractivity contribution in [1.82, 2.24) is 0 Å². The van der Waals surface area contributed by atoms with Crippen molar-refractivity contribution in [2.24, 2.45) is 0 Å². The van der Waals surface area contributed by atoms with Crippen LogP contribution in [0.1, 0.15) is 12.0 Å². The SMILES string of the molecule is C1=CC2=Cc3ccccc3OC2=CC1. The second-order valence-electron chi connectivity index (χ2n) is 3.45. The molecule has 0 unspecified atom stereocenters. The Morgan fingerprint density at radius 3 is 3.07 bits per heavy atom. The Morgan fingerprint density at radius 2 is 2.07 bits per heavy atom. The number of hydrogen-bond donors (Lipinski definition) is 0. The van der Waals surface area contributed by atoms with Crippen LogP contribution < -0.4 is 4.74 Å². The lowest BCUT2D eigenvalue weighted by Gasteiger charge is -2.20. The summed E-state index contributed by atoms with van der Waals surface area (Å²) in [5.41, 5.74) is 2.33. The number of fused-ring (bicyclic) bond motifs is 2. The zero-order valence-electron chi connectivity index (χ0n) is 7.73. The highest BCUT2D eigenvalue weighted by Gasteiger charge is 2.15. The number of para-hydroxylation sites is 1. The molecule has 1 heteroatoms. The molecule has 68 valence electrons. The van der Waals surface area contributed by atoms with Crippen LogP contribution in [0.5, 0.6) is 5.75 Å². The minimum absolute atomic E-state index is 0.956. The van der Waals surface area contributed by atoms with E-state index in [0.717, 1.165) is 23.5 Å². The van der Waals surface area contributed by atoms with Gasteiger partial charge >= 0.3 is 0 Å². The Bertz CT molecular complexity index is 464. The molecule has 1 aliphatic heterocycles. The molecule has 1 aliphatic carbocycles. The Kier molecular flexibility index (Phi) is 1.57. The summed E-state index contributed by atoms with van der Waals surface area (Å²) in [6.07, 6.45) is 9.51. The van der Waals surface area contributed by atoms with Gasteiger partial charge < -0.3 is 4.74 Å². The van der Waals surface area contributed by atoms with Crippen molar-refractivity contribution in [3.05, 3.63) is 59.4 Å². The fourth-order valence-corrected chi connectivity index (χ4v) is 1.77. The van der Waals surface area contributed by atoms with Gasteiger partial charge in [0.2, 0.25) is 0 Å². The van der Waals surface area contributed by atoms with E-state index in [9.17, 15) is 0 Å². The molecule has 1 aromatic carbocycles. The first kappa shape index (κ1) is 7.63. The maximum atomic E-state index is 5.78. The molecule has 0 radical (unpaired) electrons. The lowest BCUT2D eigenvalue weighted by molar-refractivity contribution is 0.431. The van der Waals surface area contributed by atoms with Crippen LogP contribution in [0.3, 0.4) is 0 Å². The predicted octanol–water partition coefficient (Wildman–Crippen LogP) is 3.31. The van der Waals surface area contributed by atoms with Gasteiger partial charge in [0.15, 0.2) is 0 Å². The highest BCUT2D eigenvalue weighted by atomic mass is 16.5. The standard InChI is InChI=1S/C13H10O/c1-3-7-12-10(5-1)9-11-6-2-4-8-13(11)14-12/h1-3,5-9H,4H2. The van der Waals surface area contributed by atoms with Gasteiger partial charge in [0.1, 0.15) is 11.5 Å². The highest BCUT2D eigenvalue weighted by molar-refractivity contribution is 5.69. The second-order valence-corrected chi connectivity index (χ2v) is 3.45. The zero-order chi connectivity index (χ0) is 9.38. The Balaban J connectivity index is 2.17. The first-order valence-electron chi connectivity index (χ1n) is 4.79. The van der Waals surface area contributed by atoms with Gasteiger partial charge in [-0.2, -0.15) is 0 Å². The maximum Gasteiger partial charge on any atom is 0.134 e. The van der Waals surface area contributed by atoms with Crippen LogP contribution in [0.4, 0.5) is 0 Å². The molecule has 1 nitrogen and oxygen atoms in total. The summed E-state index contributed by atoms with van der Waals surface area (Å²) in [7, 11) is 0. The first-order chi connectivity index (χ1) is 6.93. The van der Waals surface area contributed by atoms with E-state index in [1.165, 1.54) is 5.57 Å². The molecule has 1 aromatic rings. The van der Waals surface area contributed by atoms with E-state index >= 15 is 0 Å². The molecule has 2 aliphatic rings. The van der Waals surface area contributed by atoms with Crippen LogP contribution in [-0.2, 0) is 0 Å². The van der Waals surface area contributed by atoms with E-state index in [1.807, 2.05) is 18.2 Å². The van der Waals surface area contributed by atoms with Crippen molar-refractivity contribution in [3.63, 3.8) is 0 Å². The van der Waals surface area contributed by atoms with Crippen LogP contribution in [0.2, 0.25) is 0 Å². The lowest BCUT2D eigenvalue weighted by atomic mass is 10.0. The quantitative estimate of drug-likeness (QED) is 0.598. The molecule has 0 atom stereocenters. The van der Waals surface area contributed by atoms with Crippen molar-refractivity contribution in [2.75, 3.05) is 0 Å². The minimum Gasteiger partial charge on any atom is -0.456 e. The van der Waals surface area contributed by atoms with Gasteiger partial charge in [-0.05, 0) is 24.6 Å². The monoisotopic (exact) mass is 182 g/mol. The third kappa shape index (κ3) is 1.10. The normalized spacial score (nSPS) is 17.4. The molecule has 1 heterocycles. The summed E-state index contributed by atoms with van der Waals surface area (Å²) < 4.78 is 5.78. The zero-order valence-corrected chi connectivity index (χ0v) is 7.73. The van der Waals surface area contributed by atoms with Crippen LogP contribution >= 0.6 is 0 Å². The van der Waals surface area contributed by atoms with E-state index < -0.39 is 0 Å². The molecule has 0 saturated heterocycles. The molecule has 3 rings (SSSR count). The smallest absolute Gasteiger partial charge is 0.134 e. The van der Waals surface area contributed by atoms with Crippen molar-refractivity contribution in [1.29, 1.82) is 0 Å². The van der Waals surface area contributed by atoms with Gasteiger partial charge in [-0.3, -0.25) is 0 Å². The van der Waals surface area contributed by atoms with Gasteiger partial charge in [-0.1, -0.05) is 30.4 Å². The summed E-state index contributed by atoms with van der Waals surface area (Å²) in [5, 5.41) is 0. The Labute approximate surface area is 83.0 Å². The molecular formula is C13H10O. The van der Waals surface area contributed by atoms with Crippen molar-refractivity contribution in [3.8, 4) is 5.75 Å². The lowest BCUT2D eigenvalue weighted by Crippen LogP contribution is -2.05. The molecule has 0 spiro atoms. The Morgan fingerprint density at radius 1 is 1.14 bits per heavy atom. The number of hydrogen-bond acceptors (Lipinski definition) is 1. The maximum absolute atomic E-state index is 5.78. The summed E-state index contributed by atoms with van der Waals surface area (Å²) in [6.45, 7) is 0. The topological polar surface area (TPSA) is 9.23 Å². The average molecular weight is 182 g/mol. The van der Waals surface area contributed by atoms with E-state index in [1.54, 1.807) is 0 Å². The van der Waals surface area contributed by atoms with Crippen molar-refractivity contribution < 1.29 is 4.74 Å². The van der Waals surface area contributed by atoms with Crippen LogP contribution in [0, 0.1) is 0 Å². The average Bonchev–Trinajstić information content (AvgIpc) is 2.26. The molecule has 14 heavy (non-hydrogen) atoms. The number of benzene rings is 1. The number of allylic oxidation sites excluding steroid dienone is 3.